The van der Waals surface area contributed by atoms with Crippen LogP contribution in [0.4, 0.5) is 0 Å². The Labute approximate surface area is 308 Å². The van der Waals surface area contributed by atoms with Gasteiger partial charge in [0.1, 0.15) is 0 Å². The summed E-state index contributed by atoms with van der Waals surface area (Å²) in [6, 6.07) is -20.1. The van der Waals surface area contributed by atoms with Gasteiger partial charge in [-0.15, -0.1) is 0 Å². The van der Waals surface area contributed by atoms with Gasteiger partial charge in [0.25, 0.3) is 0 Å². The van der Waals surface area contributed by atoms with Crippen LogP contribution in [0.3, 0.4) is 0 Å². The second-order valence-electron chi connectivity index (χ2n) is 10.4. The first-order chi connectivity index (χ1) is 33.6. The Bertz CT molecular complexity index is 4050. The summed E-state index contributed by atoms with van der Waals surface area (Å²) >= 11 is 0.604. The lowest BCUT2D eigenvalue weighted by Gasteiger charge is -2.23. The summed E-state index contributed by atoms with van der Waals surface area (Å²) < 4.78 is 235. The topological polar surface area (TPSA) is 0 Å². The van der Waals surface area contributed by atoms with Crippen molar-refractivity contribution in [2.24, 2.45) is 0 Å². The maximum Gasteiger partial charge on any atom is 0.0636 e. The van der Waals surface area contributed by atoms with E-state index >= 15 is 0 Å². The normalized spacial score (nSPS) is 20.3. The van der Waals surface area contributed by atoms with E-state index < -0.39 is 197 Å². The molecule has 1 heteroatoms. The van der Waals surface area contributed by atoms with Crippen molar-refractivity contribution in [3.63, 3.8) is 0 Å². The van der Waals surface area contributed by atoms with Gasteiger partial charge in [0, 0.05) is 20.7 Å². The van der Waals surface area contributed by atoms with Gasteiger partial charge in [0.15, 0.2) is 0 Å². The predicted molar refractivity (Wildman–Crippen MR) is 197 cm³/mol. The first-order valence-electron chi connectivity index (χ1n) is 26.9. The lowest BCUT2D eigenvalue weighted by molar-refractivity contribution is 1.22. The van der Waals surface area contributed by atoms with Gasteiger partial charge in [-0.1, -0.05) is 151 Å². The van der Waals surface area contributed by atoms with Crippen molar-refractivity contribution in [3.05, 3.63) is 168 Å². The van der Waals surface area contributed by atoms with Crippen molar-refractivity contribution in [2.75, 3.05) is 0 Å². The highest BCUT2D eigenvalue weighted by atomic mass is 32.2. The van der Waals surface area contributed by atoms with Crippen LogP contribution in [0.25, 0.3) is 76.5 Å². The highest BCUT2D eigenvalue weighted by molar-refractivity contribution is 7.99. The third-order valence-corrected chi connectivity index (χ3v) is 8.83. The zero-order chi connectivity index (χ0) is 52.8. The summed E-state index contributed by atoms with van der Waals surface area (Å²) in [5.41, 5.74) is -4.57. The van der Waals surface area contributed by atoms with E-state index in [0.29, 0.717) is 11.8 Å². The van der Waals surface area contributed by atoms with Crippen molar-refractivity contribution < 1.29 is 35.6 Å². The van der Waals surface area contributed by atoms with Crippen molar-refractivity contribution in [1.29, 1.82) is 0 Å². The quantitative estimate of drug-likeness (QED) is 0.175. The van der Waals surface area contributed by atoms with Gasteiger partial charge < -0.3 is 0 Å². The van der Waals surface area contributed by atoms with E-state index in [1.54, 1.807) is 0 Å². The summed E-state index contributed by atoms with van der Waals surface area (Å²) in [6.07, 6.45) is -0.903. The van der Waals surface area contributed by atoms with Gasteiger partial charge in [-0.25, -0.2) is 0 Å². The van der Waals surface area contributed by atoms with E-state index in [1.165, 1.54) is 0 Å². The monoisotopic (exact) mass is 626 g/mol. The molecular formula is C45H28S. The summed E-state index contributed by atoms with van der Waals surface area (Å²) in [6.45, 7) is 0. The van der Waals surface area contributed by atoms with Crippen molar-refractivity contribution >= 4 is 54.9 Å². The minimum atomic E-state index is -0.956. The van der Waals surface area contributed by atoms with Crippen LogP contribution in [0.5, 0.6) is 0 Å². The molecule has 1 heterocycles. The summed E-state index contributed by atoms with van der Waals surface area (Å²) in [4.78, 5) is -0.424. The van der Waals surface area contributed by atoms with Crippen molar-refractivity contribution in [3.8, 4) is 33.4 Å². The van der Waals surface area contributed by atoms with Gasteiger partial charge in [0.05, 0.1) is 35.6 Å². The Morgan fingerprint density at radius 1 is 0.435 bits per heavy atom. The van der Waals surface area contributed by atoms with E-state index in [9.17, 15) is 11.0 Å². The van der Waals surface area contributed by atoms with Gasteiger partial charge in [-0.2, -0.15) is 0 Å². The SMILES string of the molecule is [2H]c1c([2H])c([2H])c(-c2c([2H])c(Cc3c([2H])c([2H])c4c([2H])c([2H])c5c([2H])c([2H])c([2H])c6c([2H])c([2H])c3c4c56)c([2H])c(-c3c([2H])c([2H])c([2H])c4c3-c3c([2H])c([2H])c([2H])c5c([2H])c([2H])c([2H])c(c35)S4)c2[2H])c([2H])c1[2H]. The molecule has 0 aliphatic carbocycles. The first kappa shape index (κ1) is 11.2. The molecule has 0 bridgehead atoms. The zero-order valence-electron chi connectivity index (χ0n) is 49.1. The Hall–Kier alpha value is -5.37. The van der Waals surface area contributed by atoms with Crippen LogP contribution in [0.1, 0.15) is 46.8 Å². The van der Waals surface area contributed by atoms with Gasteiger partial charge in [0.2, 0.25) is 0 Å². The number of fused-ring (bicyclic) bond motifs is 2. The fourth-order valence-corrected chi connectivity index (χ4v) is 6.88. The smallest absolute Gasteiger partial charge is 0.0636 e. The molecule has 0 saturated carbocycles. The van der Waals surface area contributed by atoms with Crippen LogP contribution in [0.15, 0.2) is 167 Å². The van der Waals surface area contributed by atoms with Crippen molar-refractivity contribution in [1.82, 2.24) is 0 Å². The third-order valence-electron chi connectivity index (χ3n) is 7.81. The molecule has 0 saturated heterocycles. The Morgan fingerprint density at radius 2 is 1.07 bits per heavy atom. The standard InChI is InChI=1S/C45H28S/c1-2-8-29(9-3-1)35-25-28(24-34-21-20-33-19-18-31-10-4-11-32-22-23-38(34)44(33)42(31)32)26-36(27-35)37-14-7-17-41-45(37)39-15-5-12-30-13-6-16-40(46-41)43(30)39/h1-23,25-27H,24H2/i1D,2D,3D,4D,5D,6D,7D,8D,9D,10D,11D,12D,13D,14D,15D,16D,17D,18D,19D,20D,21D,22D,23D,25D,26D,27D. The molecule has 0 atom stereocenters. The fraction of sp³-hybridized carbons (Fsp3) is 0.0222. The second-order valence-corrected chi connectivity index (χ2v) is 11.4. The van der Waals surface area contributed by atoms with Crippen LogP contribution >= 0.6 is 11.8 Å². The molecule has 0 nitrogen and oxygen atoms in total. The lowest BCUT2D eigenvalue weighted by Crippen LogP contribution is -1.97. The van der Waals surface area contributed by atoms with E-state index in [-0.39, 0.29) is 64.0 Å². The maximum absolute atomic E-state index is 9.98. The van der Waals surface area contributed by atoms with Crippen LogP contribution < -0.4 is 0 Å². The molecule has 1 aliphatic heterocycles. The minimum absolute atomic E-state index is 0.142. The van der Waals surface area contributed by atoms with Crippen LogP contribution in [-0.2, 0) is 6.42 Å². The molecular weight excluding hydrogens is 573 g/mol. The minimum Gasteiger partial charge on any atom is -0.0888 e. The molecule has 0 aromatic heterocycles. The molecule has 214 valence electrons. The number of rotatable bonds is 4. The first-order valence-corrected chi connectivity index (χ1v) is 14.7. The molecule has 0 N–H and O–H groups in total. The van der Waals surface area contributed by atoms with E-state index in [4.69, 9.17) is 24.7 Å². The fourth-order valence-electron chi connectivity index (χ4n) is 5.86. The average molecular weight is 627 g/mol. The molecule has 9 aromatic rings. The molecule has 0 spiro atoms. The van der Waals surface area contributed by atoms with Gasteiger partial charge in [-0.3, -0.25) is 0 Å². The highest BCUT2D eigenvalue weighted by Crippen LogP contribution is 2.51. The highest BCUT2D eigenvalue weighted by Gasteiger charge is 2.23. The Kier molecular flexibility index (Phi) is 2.44. The van der Waals surface area contributed by atoms with E-state index in [1.807, 2.05) is 0 Å². The maximum atomic E-state index is 9.98. The molecule has 1 aliphatic rings. The molecule has 10 rings (SSSR count). The van der Waals surface area contributed by atoms with E-state index in [2.05, 4.69) is 0 Å². The average Bonchev–Trinajstić information content (AvgIpc) is 3.34. The largest absolute Gasteiger partial charge is 0.0888 e. The number of benzene rings is 9. The molecule has 46 heavy (non-hydrogen) atoms. The zero-order valence-corrected chi connectivity index (χ0v) is 23.9. The predicted octanol–water partition coefficient (Wildman–Crippen LogP) is 12.8. The molecule has 0 amide bonds. The van der Waals surface area contributed by atoms with Crippen molar-refractivity contribution in [2.45, 2.75) is 16.2 Å². The van der Waals surface area contributed by atoms with Crippen LogP contribution in [0.2, 0.25) is 0 Å². The van der Waals surface area contributed by atoms with Gasteiger partial charge in [-0.05, 0) is 101 Å². The van der Waals surface area contributed by atoms with E-state index in [0.717, 1.165) is 0 Å². The van der Waals surface area contributed by atoms with Crippen LogP contribution in [-0.4, -0.2) is 0 Å². The lowest BCUT2D eigenvalue weighted by atomic mass is 9.87. The Balaban J connectivity index is 1.43. The number of hydrogen-bond donors (Lipinski definition) is 0. The third kappa shape index (κ3) is 3.95. The molecule has 0 radical (unpaired) electrons. The molecule has 0 fully saturated rings. The van der Waals surface area contributed by atoms with Gasteiger partial charge >= 0.3 is 0 Å². The Morgan fingerprint density at radius 3 is 1.91 bits per heavy atom. The number of hydrogen-bond acceptors (Lipinski definition) is 1. The summed E-state index contributed by atoms with van der Waals surface area (Å²) in [5.74, 6) is 0. The molecule has 9 aromatic carbocycles. The second kappa shape index (κ2) is 10.1. The van der Waals surface area contributed by atoms with Crippen LogP contribution in [0, 0.1) is 0 Å². The summed E-state index contributed by atoms with van der Waals surface area (Å²) in [7, 11) is 0. The summed E-state index contributed by atoms with van der Waals surface area (Å²) in [5, 5.41) is -2.45. The molecule has 0 unspecified atom stereocenters.